The Morgan fingerprint density at radius 3 is 1.57 bits per heavy atom. The van der Waals surface area contributed by atoms with Crippen LogP contribution in [0.25, 0.3) is 22.8 Å². The molecule has 2 aromatic carbocycles. The number of carbonyl (C=O) groups is 3. The highest BCUT2D eigenvalue weighted by Crippen LogP contribution is 2.30. The van der Waals surface area contributed by atoms with Crippen LogP contribution in [0.2, 0.25) is 0 Å². The first kappa shape index (κ1) is 45.6. The molecule has 0 aliphatic heterocycles. The molecule has 2 aliphatic carbocycles. The molecule has 0 bridgehead atoms. The SMILES string of the molecule is COCC(=O)Nc1ccc(-c2ncccn2)c(C(=O)N[C@H]2CCC[C@@H]2COc2ccc(F)cc2)n1.Nc1ccc(-c2ncccn2)c(C(=O)N[C@H]2CCC[C@@H]2COc2ccc(F)cc2)n1. The number of pyridine rings is 2. The molecule has 4 aromatic heterocycles. The summed E-state index contributed by atoms with van der Waals surface area (Å²) in [6.45, 7) is 0.700. The molecule has 0 spiro atoms. The molecule has 2 aliphatic rings. The van der Waals surface area contributed by atoms with Crippen molar-refractivity contribution in [3.05, 3.63) is 133 Å². The molecule has 16 nitrogen and oxygen atoms in total. The van der Waals surface area contributed by atoms with Crippen molar-refractivity contribution in [1.82, 2.24) is 40.5 Å². The molecule has 2 saturated carbocycles. The number of halogens is 2. The number of carbonyl (C=O) groups excluding carboxylic acids is 3. The summed E-state index contributed by atoms with van der Waals surface area (Å²) in [6.07, 6.45) is 11.8. The summed E-state index contributed by atoms with van der Waals surface area (Å²) < 4.78 is 42.7. The van der Waals surface area contributed by atoms with Gasteiger partial charge in [0.25, 0.3) is 17.7 Å². The summed E-state index contributed by atoms with van der Waals surface area (Å²) in [5.74, 6) is 0.934. The summed E-state index contributed by atoms with van der Waals surface area (Å²) in [6, 6.07) is 21.6. The second kappa shape index (κ2) is 22.2. The van der Waals surface area contributed by atoms with E-state index in [9.17, 15) is 23.2 Å². The zero-order valence-electron chi connectivity index (χ0n) is 35.5. The highest BCUT2D eigenvalue weighted by molar-refractivity contribution is 6.00. The number of benzene rings is 2. The van der Waals surface area contributed by atoms with Crippen molar-refractivity contribution in [2.45, 2.75) is 50.6 Å². The highest BCUT2D eigenvalue weighted by Gasteiger charge is 2.32. The lowest BCUT2D eigenvalue weighted by Gasteiger charge is -2.22. The minimum absolute atomic E-state index is 0.0503. The van der Waals surface area contributed by atoms with Gasteiger partial charge in [-0.05, 0) is 111 Å². The highest BCUT2D eigenvalue weighted by atomic mass is 19.1. The fourth-order valence-electron chi connectivity index (χ4n) is 7.69. The number of rotatable bonds is 15. The maximum Gasteiger partial charge on any atom is 0.270 e. The summed E-state index contributed by atoms with van der Waals surface area (Å²) in [7, 11) is 1.42. The third kappa shape index (κ3) is 12.6. The van der Waals surface area contributed by atoms with Crippen LogP contribution in [0.5, 0.6) is 11.5 Å². The van der Waals surface area contributed by atoms with Gasteiger partial charge in [-0.1, -0.05) is 12.8 Å². The molecule has 18 heteroatoms. The van der Waals surface area contributed by atoms with Crippen LogP contribution in [0.4, 0.5) is 20.4 Å². The van der Waals surface area contributed by atoms with Crippen LogP contribution in [-0.4, -0.2) is 86.6 Å². The predicted octanol–water partition coefficient (Wildman–Crippen LogP) is 6.48. The number of nitrogens with zero attached hydrogens (tertiary/aromatic N) is 6. The molecule has 4 atom stereocenters. The quantitative estimate of drug-likeness (QED) is 0.0870. The van der Waals surface area contributed by atoms with Gasteiger partial charge in [-0.2, -0.15) is 0 Å². The van der Waals surface area contributed by atoms with E-state index >= 15 is 0 Å². The van der Waals surface area contributed by atoms with E-state index in [0.29, 0.717) is 47.5 Å². The maximum atomic E-state index is 13.4. The van der Waals surface area contributed by atoms with Gasteiger partial charge in [0.1, 0.15) is 52.8 Å². The van der Waals surface area contributed by atoms with Gasteiger partial charge in [0.2, 0.25) is 0 Å². The zero-order valence-corrected chi connectivity index (χ0v) is 35.5. The van der Waals surface area contributed by atoms with Gasteiger partial charge in [-0.3, -0.25) is 14.4 Å². The molecule has 8 rings (SSSR count). The second-order valence-electron chi connectivity index (χ2n) is 15.4. The molecule has 0 saturated heterocycles. The summed E-state index contributed by atoms with van der Waals surface area (Å²) in [5.41, 5.74) is 7.11. The molecule has 0 radical (unpaired) electrons. The third-order valence-electron chi connectivity index (χ3n) is 10.9. The Kier molecular flexibility index (Phi) is 15.6. The van der Waals surface area contributed by atoms with E-state index in [2.05, 4.69) is 45.9 Å². The Bertz CT molecular complexity index is 2520. The van der Waals surface area contributed by atoms with Crippen molar-refractivity contribution in [2.24, 2.45) is 11.8 Å². The molecule has 3 amide bonds. The minimum atomic E-state index is -0.394. The Morgan fingerprint density at radius 1 is 0.631 bits per heavy atom. The second-order valence-corrected chi connectivity index (χ2v) is 15.4. The fourth-order valence-corrected chi connectivity index (χ4v) is 7.69. The van der Waals surface area contributed by atoms with Gasteiger partial charge in [-0.25, -0.2) is 38.7 Å². The van der Waals surface area contributed by atoms with Crippen LogP contribution < -0.4 is 31.2 Å². The molecule has 5 N–H and O–H groups in total. The molecule has 65 heavy (non-hydrogen) atoms. The largest absolute Gasteiger partial charge is 0.493 e. The van der Waals surface area contributed by atoms with E-state index in [1.165, 1.54) is 31.4 Å². The number of aromatic nitrogens is 6. The summed E-state index contributed by atoms with van der Waals surface area (Å²) in [4.78, 5) is 63.9. The van der Waals surface area contributed by atoms with Crippen molar-refractivity contribution >= 4 is 29.4 Å². The standard InChI is InChI=1S/C25H26FN5O4.C22H22FN5O2/c1-34-15-22(32)30-21-11-10-19(24-27-12-3-13-28-24)23(31-21)25(33)29-20-5-2-4-16(20)14-35-18-8-6-17(26)7-9-18;23-15-5-7-16(8-6-15)30-13-14-3-1-4-18(14)27-22(29)20-17(9-10-19(24)28-20)21-25-11-2-12-26-21/h3,6-13,16,20H,2,4-5,14-15H2,1H3,(H,29,33)(H,30,31,32);2,5-12,14,18H,1,3-4,13H2,(H2,24,28)(H,27,29)/t16-,20+;14-,18+/m11/s1. The maximum absolute atomic E-state index is 13.4. The number of ether oxygens (including phenoxy) is 3. The molecular weight excluding hydrogens is 839 g/mol. The molecular formula is C47H48F2N10O6. The van der Waals surface area contributed by atoms with Crippen LogP contribution in [0, 0.1) is 23.5 Å². The first-order chi connectivity index (χ1) is 31.6. The number of anilines is 2. The van der Waals surface area contributed by atoms with Gasteiger partial charge in [-0.15, -0.1) is 0 Å². The van der Waals surface area contributed by atoms with Gasteiger partial charge in [0, 0.05) is 55.8 Å². The molecule has 0 unspecified atom stereocenters. The van der Waals surface area contributed by atoms with Crippen LogP contribution in [0.15, 0.2) is 110 Å². The number of nitrogens with one attached hydrogen (secondary N) is 3. The van der Waals surface area contributed by atoms with E-state index in [-0.39, 0.29) is 77.0 Å². The van der Waals surface area contributed by atoms with Crippen molar-refractivity contribution in [3.63, 3.8) is 0 Å². The average Bonchev–Trinajstić information content (AvgIpc) is 3.97. The van der Waals surface area contributed by atoms with Crippen molar-refractivity contribution < 1.29 is 37.4 Å². The molecule has 336 valence electrons. The first-order valence-corrected chi connectivity index (χ1v) is 21.1. The number of hydrogen-bond donors (Lipinski definition) is 4. The molecule has 6 aromatic rings. The van der Waals surface area contributed by atoms with Crippen LogP contribution in [-0.2, 0) is 9.53 Å². The van der Waals surface area contributed by atoms with E-state index < -0.39 is 5.91 Å². The zero-order chi connectivity index (χ0) is 45.5. The van der Waals surface area contributed by atoms with E-state index in [1.807, 2.05) is 0 Å². The fraction of sp³-hybridized carbons (Fsp3) is 0.298. The monoisotopic (exact) mass is 886 g/mol. The van der Waals surface area contributed by atoms with Gasteiger partial charge < -0.3 is 35.9 Å². The van der Waals surface area contributed by atoms with Crippen LogP contribution >= 0.6 is 0 Å². The number of nitrogen functional groups attached to an aromatic ring is 1. The Balaban J connectivity index is 0.000000196. The normalized spacial score (nSPS) is 17.6. The molecule has 4 heterocycles. The number of amides is 3. The Labute approximate surface area is 373 Å². The Morgan fingerprint density at radius 2 is 1.09 bits per heavy atom. The van der Waals surface area contributed by atoms with Gasteiger partial charge in [0.15, 0.2) is 11.6 Å². The predicted molar refractivity (Wildman–Crippen MR) is 236 cm³/mol. The van der Waals surface area contributed by atoms with Crippen molar-refractivity contribution in [3.8, 4) is 34.3 Å². The van der Waals surface area contributed by atoms with E-state index in [1.54, 1.807) is 85.5 Å². The first-order valence-electron chi connectivity index (χ1n) is 21.1. The number of methoxy groups -OCH3 is 1. The van der Waals surface area contributed by atoms with E-state index in [4.69, 9.17) is 19.9 Å². The lowest BCUT2D eigenvalue weighted by atomic mass is 10.0. The van der Waals surface area contributed by atoms with Crippen molar-refractivity contribution in [2.75, 3.05) is 38.0 Å². The average molecular weight is 887 g/mol. The van der Waals surface area contributed by atoms with Crippen molar-refractivity contribution in [1.29, 1.82) is 0 Å². The smallest absolute Gasteiger partial charge is 0.270 e. The van der Waals surface area contributed by atoms with Crippen LogP contribution in [0.1, 0.15) is 59.5 Å². The molecule has 2 fully saturated rings. The summed E-state index contributed by atoms with van der Waals surface area (Å²) >= 11 is 0. The van der Waals surface area contributed by atoms with Crippen LogP contribution in [0.3, 0.4) is 0 Å². The third-order valence-corrected chi connectivity index (χ3v) is 10.9. The topological polar surface area (TPSA) is 218 Å². The van der Waals surface area contributed by atoms with E-state index in [0.717, 1.165) is 38.5 Å². The lowest BCUT2D eigenvalue weighted by molar-refractivity contribution is -0.119. The number of hydrogen-bond acceptors (Lipinski definition) is 13. The number of nitrogens with two attached hydrogens (primary N) is 1. The lowest BCUT2D eigenvalue weighted by Crippen LogP contribution is -2.40. The van der Waals surface area contributed by atoms with Gasteiger partial charge in [0.05, 0.1) is 24.3 Å². The van der Waals surface area contributed by atoms with Gasteiger partial charge >= 0.3 is 0 Å². The summed E-state index contributed by atoms with van der Waals surface area (Å²) in [5, 5.41) is 8.77. The Hall–Kier alpha value is -7.47. The minimum Gasteiger partial charge on any atom is -0.493 e.